The predicted octanol–water partition coefficient (Wildman–Crippen LogP) is 3.08. The highest BCUT2D eigenvalue weighted by atomic mass is 79.9. The molecule has 1 aromatic heterocycles. The summed E-state index contributed by atoms with van der Waals surface area (Å²) in [6.07, 6.45) is 3.96. The Hall–Kier alpha value is 0.1000. The van der Waals surface area contributed by atoms with E-state index in [1.54, 1.807) is 11.3 Å². The van der Waals surface area contributed by atoms with Crippen molar-refractivity contribution in [1.29, 1.82) is 0 Å². The normalized spacial score (nSPS) is 27.0. The molecule has 2 atom stereocenters. The molecule has 0 bridgehead atoms. The number of hydrogen-bond donors (Lipinski definition) is 1. The van der Waals surface area contributed by atoms with Gasteiger partial charge in [0.1, 0.15) is 0 Å². The third-order valence-corrected chi connectivity index (χ3v) is 4.22. The molecule has 0 saturated carbocycles. The second-order valence-electron chi connectivity index (χ2n) is 3.54. The maximum atomic E-state index is 5.91. The van der Waals surface area contributed by atoms with E-state index in [9.17, 15) is 0 Å². The van der Waals surface area contributed by atoms with E-state index in [2.05, 4.69) is 28.1 Å². The summed E-state index contributed by atoms with van der Waals surface area (Å²) in [6, 6.07) is 4.23. The monoisotopic (exact) mass is 275 g/mol. The molecule has 1 aliphatic rings. The summed E-state index contributed by atoms with van der Waals surface area (Å²) < 4.78 is 7.09. The fourth-order valence-electron chi connectivity index (χ4n) is 1.81. The van der Waals surface area contributed by atoms with Gasteiger partial charge in [-0.2, -0.15) is 0 Å². The number of nitrogens with two attached hydrogens (primary N) is 1. The quantitative estimate of drug-likeness (QED) is 0.920. The van der Waals surface area contributed by atoms with Crippen molar-refractivity contribution < 1.29 is 4.74 Å². The molecule has 2 nitrogen and oxygen atoms in total. The van der Waals surface area contributed by atoms with Gasteiger partial charge in [-0.05, 0) is 53.9 Å². The second-order valence-corrected chi connectivity index (χ2v) is 6.04. The van der Waals surface area contributed by atoms with Crippen molar-refractivity contribution in [1.82, 2.24) is 0 Å². The lowest BCUT2D eigenvalue weighted by atomic mass is 10.1. The molecule has 2 heterocycles. The predicted molar refractivity (Wildman–Crippen MR) is 62.5 cm³/mol. The minimum atomic E-state index is 0.308. The van der Waals surface area contributed by atoms with E-state index < -0.39 is 0 Å². The largest absolute Gasteiger partial charge is 0.369 e. The summed E-state index contributed by atoms with van der Waals surface area (Å²) in [7, 11) is 0. The van der Waals surface area contributed by atoms with Crippen molar-refractivity contribution in [2.45, 2.75) is 31.5 Å². The fraction of sp³-hybridized carbons (Fsp3) is 0.600. The summed E-state index contributed by atoms with van der Waals surface area (Å²) >= 11 is 5.23. The molecule has 0 aromatic carbocycles. The van der Waals surface area contributed by atoms with Crippen LogP contribution in [0.2, 0.25) is 0 Å². The van der Waals surface area contributed by atoms with Gasteiger partial charge < -0.3 is 10.5 Å². The molecule has 78 valence electrons. The molecule has 2 rings (SSSR count). The number of thiophene rings is 1. The van der Waals surface area contributed by atoms with Crippen LogP contribution in [0.25, 0.3) is 0 Å². The highest BCUT2D eigenvalue weighted by Gasteiger charge is 2.26. The van der Waals surface area contributed by atoms with Gasteiger partial charge >= 0.3 is 0 Å². The minimum absolute atomic E-state index is 0.308. The van der Waals surface area contributed by atoms with Crippen molar-refractivity contribution in [3.05, 3.63) is 20.8 Å². The van der Waals surface area contributed by atoms with Crippen molar-refractivity contribution in [2.75, 3.05) is 6.54 Å². The van der Waals surface area contributed by atoms with Crippen molar-refractivity contribution >= 4 is 27.3 Å². The van der Waals surface area contributed by atoms with Gasteiger partial charge in [0.2, 0.25) is 0 Å². The van der Waals surface area contributed by atoms with Crippen LogP contribution in [0, 0.1) is 0 Å². The summed E-state index contributed by atoms with van der Waals surface area (Å²) in [6.45, 7) is 0.728. The van der Waals surface area contributed by atoms with E-state index in [1.165, 1.54) is 8.66 Å². The van der Waals surface area contributed by atoms with Gasteiger partial charge in [-0.1, -0.05) is 0 Å². The van der Waals surface area contributed by atoms with Gasteiger partial charge in [0.05, 0.1) is 16.0 Å². The number of rotatable bonds is 3. The van der Waals surface area contributed by atoms with Gasteiger partial charge in [0.15, 0.2) is 0 Å². The maximum absolute atomic E-state index is 5.91. The smallest absolute Gasteiger partial charge is 0.0921 e. The third-order valence-electron chi connectivity index (χ3n) is 2.51. The fourth-order valence-corrected chi connectivity index (χ4v) is 3.31. The zero-order valence-electron chi connectivity index (χ0n) is 7.91. The molecule has 14 heavy (non-hydrogen) atoms. The van der Waals surface area contributed by atoms with Crippen LogP contribution in [0.15, 0.2) is 15.9 Å². The maximum Gasteiger partial charge on any atom is 0.0921 e. The van der Waals surface area contributed by atoms with Gasteiger partial charge in [-0.15, -0.1) is 11.3 Å². The molecular formula is C10H14BrNOS. The zero-order chi connectivity index (χ0) is 9.97. The van der Waals surface area contributed by atoms with Crippen molar-refractivity contribution in [2.24, 2.45) is 5.73 Å². The van der Waals surface area contributed by atoms with Crippen LogP contribution < -0.4 is 5.73 Å². The first kappa shape index (κ1) is 10.6. The first-order chi connectivity index (χ1) is 6.79. The standard InChI is InChI=1S/C10H14BrNOS/c11-10-4-3-9(14-10)8-2-1-7(13-8)5-6-12/h3-4,7-8H,1-2,5-6,12H2. The van der Waals surface area contributed by atoms with Crippen molar-refractivity contribution in [3.63, 3.8) is 0 Å². The van der Waals surface area contributed by atoms with Crippen LogP contribution in [0.5, 0.6) is 0 Å². The average molecular weight is 276 g/mol. The highest BCUT2D eigenvalue weighted by molar-refractivity contribution is 9.11. The first-order valence-electron chi connectivity index (χ1n) is 4.90. The summed E-state index contributed by atoms with van der Waals surface area (Å²) in [4.78, 5) is 1.33. The van der Waals surface area contributed by atoms with Crippen LogP contribution in [0.3, 0.4) is 0 Å². The minimum Gasteiger partial charge on any atom is -0.369 e. The zero-order valence-corrected chi connectivity index (χ0v) is 10.3. The number of hydrogen-bond acceptors (Lipinski definition) is 3. The molecular weight excluding hydrogens is 262 g/mol. The Kier molecular flexibility index (Phi) is 3.60. The number of halogens is 1. The van der Waals surface area contributed by atoms with Crippen LogP contribution >= 0.6 is 27.3 Å². The Morgan fingerprint density at radius 1 is 1.50 bits per heavy atom. The van der Waals surface area contributed by atoms with Crippen LogP contribution in [-0.4, -0.2) is 12.6 Å². The second kappa shape index (κ2) is 4.75. The van der Waals surface area contributed by atoms with Gasteiger partial charge in [-0.25, -0.2) is 0 Å². The van der Waals surface area contributed by atoms with Gasteiger partial charge in [0.25, 0.3) is 0 Å². The lowest BCUT2D eigenvalue weighted by Gasteiger charge is -2.11. The van der Waals surface area contributed by atoms with Gasteiger partial charge in [0, 0.05) is 4.88 Å². The summed E-state index contributed by atoms with van der Waals surface area (Å²) in [5.74, 6) is 0. The summed E-state index contributed by atoms with van der Waals surface area (Å²) in [5, 5.41) is 0. The Morgan fingerprint density at radius 2 is 2.36 bits per heavy atom. The van der Waals surface area contributed by atoms with Gasteiger partial charge in [-0.3, -0.25) is 0 Å². The molecule has 4 heteroatoms. The van der Waals surface area contributed by atoms with Crippen LogP contribution in [-0.2, 0) is 4.74 Å². The van der Waals surface area contributed by atoms with E-state index >= 15 is 0 Å². The SMILES string of the molecule is NCCC1CCC(c2ccc(Br)s2)O1. The van der Waals surface area contributed by atoms with E-state index in [0.717, 1.165) is 25.8 Å². The van der Waals surface area contributed by atoms with Crippen LogP contribution in [0.4, 0.5) is 0 Å². The molecule has 1 saturated heterocycles. The van der Waals surface area contributed by atoms with Crippen molar-refractivity contribution in [3.8, 4) is 0 Å². The molecule has 2 unspecified atom stereocenters. The molecule has 1 aromatic rings. The Labute approximate surface area is 96.6 Å². The van der Waals surface area contributed by atoms with E-state index in [1.807, 2.05) is 0 Å². The van der Waals surface area contributed by atoms with E-state index in [-0.39, 0.29) is 0 Å². The molecule has 1 fully saturated rings. The Balaban J connectivity index is 1.95. The summed E-state index contributed by atoms with van der Waals surface area (Å²) in [5.41, 5.74) is 5.51. The molecule has 0 amide bonds. The molecule has 2 N–H and O–H groups in total. The van der Waals surface area contributed by atoms with E-state index in [0.29, 0.717) is 12.2 Å². The molecule has 0 aliphatic carbocycles. The Morgan fingerprint density at radius 3 is 3.00 bits per heavy atom. The first-order valence-corrected chi connectivity index (χ1v) is 6.51. The topological polar surface area (TPSA) is 35.2 Å². The number of ether oxygens (including phenoxy) is 1. The van der Waals surface area contributed by atoms with E-state index in [4.69, 9.17) is 10.5 Å². The Bertz CT molecular complexity index is 302. The lowest BCUT2D eigenvalue weighted by molar-refractivity contribution is 0.0434. The lowest BCUT2D eigenvalue weighted by Crippen LogP contribution is -2.12. The van der Waals surface area contributed by atoms with Crippen LogP contribution in [0.1, 0.15) is 30.2 Å². The molecule has 0 spiro atoms. The average Bonchev–Trinajstić information content (AvgIpc) is 2.74. The highest BCUT2D eigenvalue weighted by Crippen LogP contribution is 2.38. The molecule has 1 aliphatic heterocycles. The third kappa shape index (κ3) is 2.37. The molecule has 0 radical (unpaired) electrons.